The lowest BCUT2D eigenvalue weighted by molar-refractivity contribution is 0.237. The fourth-order valence-electron chi connectivity index (χ4n) is 2.04. The molecule has 0 aromatic carbocycles. The maximum Gasteiger partial charge on any atom is -0.00695 e. The van der Waals surface area contributed by atoms with Gasteiger partial charge in [0.1, 0.15) is 0 Å². The van der Waals surface area contributed by atoms with Gasteiger partial charge in [0.05, 0.1) is 0 Å². The highest BCUT2D eigenvalue weighted by Gasteiger charge is 2.21. The summed E-state index contributed by atoms with van der Waals surface area (Å²) >= 11 is 4.34. The lowest BCUT2D eigenvalue weighted by Crippen LogP contribution is -2.19. The fraction of sp³-hybridized carbons (Fsp3) is 1.00. The third kappa shape index (κ3) is 2.70. The van der Waals surface area contributed by atoms with Gasteiger partial charge in [-0.05, 0) is 49.2 Å². The van der Waals surface area contributed by atoms with Crippen LogP contribution in [0.1, 0.15) is 39.5 Å². The molecule has 1 saturated carbocycles. The number of thiol groups is 1. The molecule has 0 saturated heterocycles. The molecule has 0 nitrogen and oxygen atoms in total. The van der Waals surface area contributed by atoms with E-state index >= 15 is 0 Å². The summed E-state index contributed by atoms with van der Waals surface area (Å²) in [6.45, 7) is 4.71. The summed E-state index contributed by atoms with van der Waals surface area (Å²) in [6, 6.07) is 0. The van der Waals surface area contributed by atoms with Gasteiger partial charge in [0.2, 0.25) is 0 Å². The van der Waals surface area contributed by atoms with E-state index in [9.17, 15) is 0 Å². The lowest BCUT2D eigenvalue weighted by Gasteiger charge is -2.29. The first-order chi connectivity index (χ1) is 5.24. The van der Waals surface area contributed by atoms with Crippen LogP contribution in [-0.2, 0) is 0 Å². The molecule has 0 unspecified atom stereocenters. The number of rotatable bonds is 2. The van der Waals surface area contributed by atoms with Gasteiger partial charge < -0.3 is 0 Å². The molecular weight excluding hydrogens is 152 g/mol. The van der Waals surface area contributed by atoms with Crippen LogP contribution in [0.5, 0.6) is 0 Å². The molecule has 0 heterocycles. The summed E-state index contributed by atoms with van der Waals surface area (Å²) in [7, 11) is 0. The predicted molar refractivity (Wildman–Crippen MR) is 54.1 cm³/mol. The van der Waals surface area contributed by atoms with Gasteiger partial charge in [-0.2, -0.15) is 12.6 Å². The van der Waals surface area contributed by atoms with Crippen molar-refractivity contribution in [2.75, 3.05) is 5.75 Å². The Hall–Kier alpha value is 0.350. The minimum absolute atomic E-state index is 0.899. The van der Waals surface area contributed by atoms with E-state index in [2.05, 4.69) is 26.5 Å². The molecule has 0 atom stereocenters. The molecule has 0 aliphatic heterocycles. The van der Waals surface area contributed by atoms with Crippen molar-refractivity contribution in [3.63, 3.8) is 0 Å². The predicted octanol–water partition coefficient (Wildman–Crippen LogP) is 3.38. The molecule has 1 aliphatic rings. The maximum atomic E-state index is 4.34. The Morgan fingerprint density at radius 1 is 1.18 bits per heavy atom. The van der Waals surface area contributed by atoms with Gasteiger partial charge in [0.15, 0.2) is 0 Å². The molecule has 0 radical (unpaired) electrons. The second kappa shape index (κ2) is 4.39. The second-order valence-electron chi connectivity index (χ2n) is 4.21. The zero-order valence-corrected chi connectivity index (χ0v) is 8.61. The third-order valence-electron chi connectivity index (χ3n) is 3.09. The van der Waals surface area contributed by atoms with Gasteiger partial charge in [-0.25, -0.2) is 0 Å². The zero-order chi connectivity index (χ0) is 8.27. The smallest absolute Gasteiger partial charge is 0.00695 e. The lowest BCUT2D eigenvalue weighted by atomic mass is 9.78. The zero-order valence-electron chi connectivity index (χ0n) is 7.71. The van der Waals surface area contributed by atoms with Crippen molar-refractivity contribution < 1.29 is 0 Å². The average molecular weight is 172 g/mol. The molecule has 0 bridgehead atoms. The Labute approximate surface area is 76.2 Å². The van der Waals surface area contributed by atoms with E-state index in [4.69, 9.17) is 0 Å². The minimum Gasteiger partial charge on any atom is -0.179 e. The van der Waals surface area contributed by atoms with Crippen molar-refractivity contribution in [3.05, 3.63) is 0 Å². The van der Waals surface area contributed by atoms with E-state index in [1.54, 1.807) is 0 Å². The molecule has 0 amide bonds. The highest BCUT2D eigenvalue weighted by atomic mass is 32.1. The standard InChI is InChI=1S/C10H20S/c1-8(2)10-5-3-9(7-11)4-6-10/h8-11H,3-7H2,1-2H3. The van der Waals surface area contributed by atoms with Crippen LogP contribution in [0.2, 0.25) is 0 Å². The molecule has 0 aromatic heterocycles. The highest BCUT2D eigenvalue weighted by Crippen LogP contribution is 2.33. The molecule has 1 rings (SSSR count). The average Bonchev–Trinajstić information content (AvgIpc) is 2.05. The largest absolute Gasteiger partial charge is 0.179 e. The van der Waals surface area contributed by atoms with Crippen LogP contribution in [0, 0.1) is 17.8 Å². The monoisotopic (exact) mass is 172 g/mol. The van der Waals surface area contributed by atoms with Gasteiger partial charge in [0.25, 0.3) is 0 Å². The molecule has 0 aromatic rings. The number of hydrogen-bond donors (Lipinski definition) is 1. The first-order valence-corrected chi connectivity index (χ1v) is 5.48. The maximum absolute atomic E-state index is 4.34. The molecule has 11 heavy (non-hydrogen) atoms. The molecule has 0 N–H and O–H groups in total. The Kier molecular flexibility index (Phi) is 3.77. The van der Waals surface area contributed by atoms with Crippen LogP contribution in [0.4, 0.5) is 0 Å². The molecule has 66 valence electrons. The topological polar surface area (TPSA) is 0 Å². The third-order valence-corrected chi connectivity index (χ3v) is 3.61. The van der Waals surface area contributed by atoms with Gasteiger partial charge in [-0.15, -0.1) is 0 Å². The van der Waals surface area contributed by atoms with E-state index in [0.29, 0.717) is 0 Å². The minimum atomic E-state index is 0.899. The van der Waals surface area contributed by atoms with Crippen molar-refractivity contribution in [2.45, 2.75) is 39.5 Å². The van der Waals surface area contributed by atoms with Crippen LogP contribution in [0.15, 0.2) is 0 Å². The van der Waals surface area contributed by atoms with E-state index in [-0.39, 0.29) is 0 Å². The number of hydrogen-bond acceptors (Lipinski definition) is 1. The molecule has 1 heteroatoms. The molecule has 1 fully saturated rings. The Bertz CT molecular complexity index is 101. The molecular formula is C10H20S. The van der Waals surface area contributed by atoms with Crippen molar-refractivity contribution in [2.24, 2.45) is 17.8 Å². The molecule has 1 aliphatic carbocycles. The highest BCUT2D eigenvalue weighted by molar-refractivity contribution is 7.80. The van der Waals surface area contributed by atoms with Gasteiger partial charge in [-0.1, -0.05) is 13.8 Å². The Morgan fingerprint density at radius 2 is 1.73 bits per heavy atom. The van der Waals surface area contributed by atoms with Crippen LogP contribution in [0.25, 0.3) is 0 Å². The van der Waals surface area contributed by atoms with Gasteiger partial charge in [-0.3, -0.25) is 0 Å². The van der Waals surface area contributed by atoms with Crippen molar-refractivity contribution in [1.29, 1.82) is 0 Å². The van der Waals surface area contributed by atoms with E-state index < -0.39 is 0 Å². The van der Waals surface area contributed by atoms with Crippen LogP contribution in [0.3, 0.4) is 0 Å². The van der Waals surface area contributed by atoms with Crippen LogP contribution < -0.4 is 0 Å². The quantitative estimate of drug-likeness (QED) is 0.607. The first-order valence-electron chi connectivity index (χ1n) is 4.85. The van der Waals surface area contributed by atoms with E-state index in [1.807, 2.05) is 0 Å². The summed E-state index contributed by atoms with van der Waals surface area (Å²) in [6.07, 6.45) is 5.74. The summed E-state index contributed by atoms with van der Waals surface area (Å²) in [4.78, 5) is 0. The SMILES string of the molecule is CC(C)C1CCC(CS)CC1. The first kappa shape index (κ1) is 9.44. The van der Waals surface area contributed by atoms with Gasteiger partial charge in [0, 0.05) is 0 Å². The van der Waals surface area contributed by atoms with E-state index in [0.717, 1.165) is 23.5 Å². The molecule has 0 spiro atoms. The normalized spacial score (nSPS) is 32.7. The Balaban J connectivity index is 2.24. The van der Waals surface area contributed by atoms with Crippen molar-refractivity contribution in [1.82, 2.24) is 0 Å². The summed E-state index contributed by atoms with van der Waals surface area (Å²) in [5.74, 6) is 3.93. The summed E-state index contributed by atoms with van der Waals surface area (Å²) in [5.41, 5.74) is 0. The Morgan fingerprint density at radius 3 is 2.09 bits per heavy atom. The van der Waals surface area contributed by atoms with Gasteiger partial charge >= 0.3 is 0 Å². The van der Waals surface area contributed by atoms with E-state index in [1.165, 1.54) is 25.7 Å². The van der Waals surface area contributed by atoms with Crippen molar-refractivity contribution >= 4 is 12.6 Å². The fourth-order valence-corrected chi connectivity index (χ4v) is 2.40. The summed E-state index contributed by atoms with van der Waals surface area (Å²) < 4.78 is 0. The van der Waals surface area contributed by atoms with Crippen molar-refractivity contribution in [3.8, 4) is 0 Å². The summed E-state index contributed by atoms with van der Waals surface area (Å²) in [5, 5.41) is 0. The van der Waals surface area contributed by atoms with Crippen LogP contribution in [-0.4, -0.2) is 5.75 Å². The van der Waals surface area contributed by atoms with Crippen LogP contribution >= 0.6 is 12.6 Å². The second-order valence-corrected chi connectivity index (χ2v) is 4.57.